The van der Waals surface area contributed by atoms with E-state index in [-0.39, 0.29) is 6.61 Å². The number of carbonyl (C=O) groups excluding carboxylic acids is 1. The summed E-state index contributed by atoms with van der Waals surface area (Å²) in [5.74, 6) is 0. The number of carbonyl (C=O) groups is 1. The van der Waals surface area contributed by atoms with E-state index in [4.69, 9.17) is 0 Å². The number of nitro groups is 1. The standard InChI is InChI=1S/C10H9NO8S/c12-10-17-5-7(19-10)6-18-20(15,16)9-4-2-1-3-8(9)11(13)14/h1-4,7H,5-6H2. The molecule has 10 heteroatoms. The molecule has 1 aromatic rings. The second-order valence-corrected chi connectivity index (χ2v) is 5.35. The van der Waals surface area contributed by atoms with Gasteiger partial charge >= 0.3 is 16.3 Å². The van der Waals surface area contributed by atoms with E-state index in [1.165, 1.54) is 12.1 Å². The number of ether oxygens (including phenoxy) is 2. The van der Waals surface area contributed by atoms with Crippen molar-refractivity contribution in [2.45, 2.75) is 11.0 Å². The molecule has 0 aromatic heterocycles. The molecule has 1 aliphatic rings. The first-order chi connectivity index (χ1) is 9.40. The fourth-order valence-corrected chi connectivity index (χ4v) is 2.60. The average molecular weight is 303 g/mol. The van der Waals surface area contributed by atoms with Crippen molar-refractivity contribution in [2.75, 3.05) is 13.2 Å². The van der Waals surface area contributed by atoms with E-state index < -0.39 is 44.5 Å². The fourth-order valence-electron chi connectivity index (χ4n) is 1.50. The van der Waals surface area contributed by atoms with Crippen molar-refractivity contribution < 1.29 is 31.8 Å². The number of nitrogens with zero attached hydrogens (tertiary/aromatic N) is 1. The maximum atomic E-state index is 11.9. The first kappa shape index (κ1) is 14.2. The molecule has 1 fully saturated rings. The molecule has 0 spiro atoms. The number of cyclic esters (lactones) is 2. The SMILES string of the molecule is O=C1OCC(COS(=O)(=O)c2ccccc2[N+](=O)[O-])O1. The number of benzene rings is 1. The summed E-state index contributed by atoms with van der Waals surface area (Å²) >= 11 is 0. The van der Waals surface area contributed by atoms with Crippen LogP contribution in [0.1, 0.15) is 0 Å². The van der Waals surface area contributed by atoms with Crippen molar-refractivity contribution in [2.24, 2.45) is 0 Å². The van der Waals surface area contributed by atoms with Crippen LogP contribution in [0.25, 0.3) is 0 Å². The molecule has 2 rings (SSSR count). The van der Waals surface area contributed by atoms with Gasteiger partial charge in [0.2, 0.25) is 0 Å². The van der Waals surface area contributed by atoms with Gasteiger partial charge in [0, 0.05) is 6.07 Å². The summed E-state index contributed by atoms with van der Waals surface area (Å²) in [6.07, 6.45) is -1.78. The summed E-state index contributed by atoms with van der Waals surface area (Å²) in [6.45, 7) is -0.606. The highest BCUT2D eigenvalue weighted by Gasteiger charge is 2.30. The summed E-state index contributed by atoms with van der Waals surface area (Å²) in [7, 11) is -4.33. The molecule has 0 bridgehead atoms. The molecule has 20 heavy (non-hydrogen) atoms. The Morgan fingerprint density at radius 1 is 1.40 bits per heavy atom. The zero-order valence-electron chi connectivity index (χ0n) is 9.92. The van der Waals surface area contributed by atoms with Gasteiger partial charge < -0.3 is 9.47 Å². The van der Waals surface area contributed by atoms with Gasteiger partial charge in [-0.25, -0.2) is 4.79 Å². The second-order valence-electron chi connectivity index (χ2n) is 3.76. The Kier molecular flexibility index (Phi) is 3.86. The molecule has 1 aliphatic heterocycles. The van der Waals surface area contributed by atoms with Crippen LogP contribution in [-0.4, -0.2) is 38.8 Å². The molecule has 0 radical (unpaired) electrons. The third kappa shape index (κ3) is 3.03. The number of para-hydroxylation sites is 1. The van der Waals surface area contributed by atoms with Crippen molar-refractivity contribution in [3.05, 3.63) is 34.4 Å². The quantitative estimate of drug-likeness (QED) is 0.339. The van der Waals surface area contributed by atoms with Gasteiger partial charge in [-0.2, -0.15) is 8.42 Å². The highest BCUT2D eigenvalue weighted by Crippen LogP contribution is 2.25. The lowest BCUT2D eigenvalue weighted by atomic mass is 10.3. The van der Waals surface area contributed by atoms with Crippen LogP contribution in [0, 0.1) is 10.1 Å². The molecule has 1 unspecified atom stereocenters. The van der Waals surface area contributed by atoms with Gasteiger partial charge in [0.1, 0.15) is 13.2 Å². The van der Waals surface area contributed by atoms with Gasteiger partial charge in [-0.15, -0.1) is 0 Å². The minimum absolute atomic E-state index is 0.134. The molecular formula is C10H9NO8S. The molecule has 1 saturated heterocycles. The normalized spacial score (nSPS) is 18.4. The molecule has 0 N–H and O–H groups in total. The van der Waals surface area contributed by atoms with E-state index in [0.717, 1.165) is 12.1 Å². The van der Waals surface area contributed by atoms with Crippen LogP contribution in [0.15, 0.2) is 29.2 Å². The third-order valence-corrected chi connectivity index (χ3v) is 3.72. The van der Waals surface area contributed by atoms with Crippen molar-refractivity contribution in [3.63, 3.8) is 0 Å². The minimum atomic E-state index is -4.33. The summed E-state index contributed by atoms with van der Waals surface area (Å²) in [6, 6.07) is 4.78. The van der Waals surface area contributed by atoms with Gasteiger partial charge in [-0.1, -0.05) is 12.1 Å². The van der Waals surface area contributed by atoms with Crippen LogP contribution in [0.4, 0.5) is 10.5 Å². The summed E-state index contributed by atoms with van der Waals surface area (Å²) < 4.78 is 37.5. The van der Waals surface area contributed by atoms with Gasteiger partial charge in [0.15, 0.2) is 11.0 Å². The lowest BCUT2D eigenvalue weighted by molar-refractivity contribution is -0.387. The second kappa shape index (κ2) is 5.43. The Balaban J connectivity index is 2.14. The number of hydrogen-bond acceptors (Lipinski definition) is 8. The average Bonchev–Trinajstić information content (AvgIpc) is 2.82. The zero-order valence-corrected chi connectivity index (χ0v) is 10.7. The molecular weight excluding hydrogens is 294 g/mol. The fraction of sp³-hybridized carbons (Fsp3) is 0.300. The molecule has 1 heterocycles. The van der Waals surface area contributed by atoms with Crippen molar-refractivity contribution in [3.8, 4) is 0 Å². The Bertz CT molecular complexity index is 640. The van der Waals surface area contributed by atoms with E-state index in [1.807, 2.05) is 0 Å². The molecule has 108 valence electrons. The van der Waals surface area contributed by atoms with Gasteiger partial charge in [-0.3, -0.25) is 14.3 Å². The number of hydrogen-bond donors (Lipinski definition) is 0. The molecule has 9 nitrogen and oxygen atoms in total. The maximum Gasteiger partial charge on any atom is 0.508 e. The van der Waals surface area contributed by atoms with E-state index in [2.05, 4.69) is 13.7 Å². The highest BCUT2D eigenvalue weighted by atomic mass is 32.2. The van der Waals surface area contributed by atoms with E-state index in [0.29, 0.717) is 0 Å². The predicted molar refractivity (Wildman–Crippen MR) is 62.5 cm³/mol. The molecule has 0 aliphatic carbocycles. The van der Waals surface area contributed by atoms with Crippen LogP contribution >= 0.6 is 0 Å². The van der Waals surface area contributed by atoms with Crippen LogP contribution < -0.4 is 0 Å². The first-order valence-corrected chi connectivity index (χ1v) is 6.77. The Morgan fingerprint density at radius 3 is 2.70 bits per heavy atom. The summed E-state index contributed by atoms with van der Waals surface area (Å²) in [4.78, 5) is 20.0. The Hall–Kier alpha value is -2.20. The molecule has 1 aromatic carbocycles. The van der Waals surface area contributed by atoms with Gasteiger partial charge in [0.05, 0.1) is 4.92 Å². The predicted octanol–water partition coefficient (Wildman–Crippen LogP) is 0.836. The maximum absolute atomic E-state index is 11.9. The van der Waals surface area contributed by atoms with Crippen molar-refractivity contribution >= 4 is 22.0 Å². The summed E-state index contributed by atoms with van der Waals surface area (Å²) in [5.41, 5.74) is -0.591. The topological polar surface area (TPSA) is 122 Å². The van der Waals surface area contributed by atoms with Gasteiger partial charge in [0.25, 0.3) is 5.69 Å². The van der Waals surface area contributed by atoms with Crippen molar-refractivity contribution in [1.82, 2.24) is 0 Å². The third-order valence-electron chi connectivity index (χ3n) is 2.39. The summed E-state index contributed by atoms with van der Waals surface area (Å²) in [5, 5.41) is 10.8. The number of rotatable bonds is 5. The highest BCUT2D eigenvalue weighted by molar-refractivity contribution is 7.87. The van der Waals surface area contributed by atoms with Crippen LogP contribution in [-0.2, 0) is 23.8 Å². The Morgan fingerprint density at radius 2 is 2.10 bits per heavy atom. The zero-order chi connectivity index (χ0) is 14.8. The minimum Gasteiger partial charge on any atom is -0.430 e. The monoisotopic (exact) mass is 303 g/mol. The Labute approximate surface area is 113 Å². The lowest BCUT2D eigenvalue weighted by Gasteiger charge is -2.08. The van der Waals surface area contributed by atoms with Gasteiger partial charge in [-0.05, 0) is 6.07 Å². The van der Waals surface area contributed by atoms with Crippen LogP contribution in [0.2, 0.25) is 0 Å². The number of nitro benzene ring substituents is 1. The smallest absolute Gasteiger partial charge is 0.430 e. The van der Waals surface area contributed by atoms with E-state index in [9.17, 15) is 23.3 Å². The van der Waals surface area contributed by atoms with E-state index in [1.54, 1.807) is 0 Å². The van der Waals surface area contributed by atoms with E-state index >= 15 is 0 Å². The first-order valence-electron chi connectivity index (χ1n) is 5.36. The molecule has 0 amide bonds. The largest absolute Gasteiger partial charge is 0.508 e. The van der Waals surface area contributed by atoms with Crippen LogP contribution in [0.5, 0.6) is 0 Å². The van der Waals surface area contributed by atoms with Crippen molar-refractivity contribution in [1.29, 1.82) is 0 Å². The molecule has 1 atom stereocenters. The lowest BCUT2D eigenvalue weighted by Crippen LogP contribution is -2.21. The van der Waals surface area contributed by atoms with Crippen LogP contribution in [0.3, 0.4) is 0 Å². The molecule has 0 saturated carbocycles.